The average molecular weight is 413 g/mol. The molecule has 0 unspecified atom stereocenters. The van der Waals surface area contributed by atoms with Crippen molar-refractivity contribution < 1.29 is 4.74 Å². The fraction of sp³-hybridized carbons (Fsp3) is 0.565. The molecule has 0 atom stereocenters. The molecule has 0 bridgehead atoms. The summed E-state index contributed by atoms with van der Waals surface area (Å²) in [5, 5.41) is 11.4. The van der Waals surface area contributed by atoms with Crippen molar-refractivity contribution in [2.75, 3.05) is 39.4 Å². The van der Waals surface area contributed by atoms with E-state index in [2.05, 4.69) is 65.7 Å². The van der Waals surface area contributed by atoms with Crippen LogP contribution in [0.4, 0.5) is 0 Å². The normalized spacial score (nSPS) is 15.4. The third-order valence-electron chi connectivity index (χ3n) is 5.69. The topological polar surface area (TPSA) is 66.7 Å². The molecule has 1 aliphatic rings. The van der Waals surface area contributed by atoms with Crippen LogP contribution in [0.2, 0.25) is 0 Å². The summed E-state index contributed by atoms with van der Waals surface area (Å²) < 4.78 is 7.43. The second-order valence-corrected chi connectivity index (χ2v) is 7.80. The molecule has 0 amide bonds. The molecule has 7 heteroatoms. The van der Waals surface area contributed by atoms with Gasteiger partial charge in [0.1, 0.15) is 0 Å². The van der Waals surface area contributed by atoms with Crippen molar-refractivity contribution in [3.63, 3.8) is 0 Å². The average Bonchev–Trinajstić information content (AvgIpc) is 2.99. The zero-order valence-corrected chi connectivity index (χ0v) is 18.9. The molecule has 7 nitrogen and oxygen atoms in total. The summed E-state index contributed by atoms with van der Waals surface area (Å²) in [5.41, 5.74) is 6.28. The molecule has 164 valence electrons. The highest BCUT2D eigenvalue weighted by molar-refractivity contribution is 5.79. The lowest BCUT2D eigenvalue weighted by Gasteiger charge is -2.27. The summed E-state index contributed by atoms with van der Waals surface area (Å²) in [5.74, 6) is 0.859. The number of rotatable bonds is 8. The molecule has 0 spiro atoms. The van der Waals surface area contributed by atoms with Crippen molar-refractivity contribution in [1.29, 1.82) is 0 Å². The van der Waals surface area contributed by atoms with Crippen LogP contribution in [0, 0.1) is 13.8 Å². The number of nitrogens with zero attached hydrogens (tertiary/aromatic N) is 4. The van der Waals surface area contributed by atoms with E-state index in [-0.39, 0.29) is 0 Å². The Balaban J connectivity index is 1.60. The van der Waals surface area contributed by atoms with Crippen LogP contribution < -0.4 is 10.6 Å². The van der Waals surface area contributed by atoms with E-state index in [1.54, 1.807) is 0 Å². The molecule has 3 rings (SSSR count). The van der Waals surface area contributed by atoms with Crippen LogP contribution in [-0.2, 0) is 31.3 Å². The van der Waals surface area contributed by atoms with Gasteiger partial charge in [-0.2, -0.15) is 5.10 Å². The van der Waals surface area contributed by atoms with Crippen LogP contribution >= 0.6 is 0 Å². The quantitative estimate of drug-likeness (QED) is 0.514. The fourth-order valence-electron chi connectivity index (χ4n) is 3.86. The van der Waals surface area contributed by atoms with Gasteiger partial charge in [0.25, 0.3) is 0 Å². The Morgan fingerprint density at radius 3 is 2.53 bits per heavy atom. The van der Waals surface area contributed by atoms with Crippen LogP contribution in [0.3, 0.4) is 0 Å². The Labute approximate surface area is 180 Å². The number of benzene rings is 1. The standard InChI is InChI=1S/C23H36N6O/c1-5-24-23(25-11-10-22-18(2)27-28(4)19(22)3)26-16-20-8-6-7-9-21(20)17-29-12-14-30-15-13-29/h6-9H,5,10-17H2,1-4H3,(H2,24,25,26). The van der Waals surface area contributed by atoms with Crippen molar-refractivity contribution in [2.45, 2.75) is 40.3 Å². The van der Waals surface area contributed by atoms with Gasteiger partial charge in [0, 0.05) is 45.5 Å². The third-order valence-corrected chi connectivity index (χ3v) is 5.69. The maximum Gasteiger partial charge on any atom is 0.191 e. The van der Waals surface area contributed by atoms with Gasteiger partial charge in [-0.25, -0.2) is 4.99 Å². The summed E-state index contributed by atoms with van der Waals surface area (Å²) in [4.78, 5) is 7.30. The molecular formula is C23H36N6O. The first-order chi connectivity index (χ1) is 14.6. The fourth-order valence-corrected chi connectivity index (χ4v) is 3.86. The number of hydrogen-bond acceptors (Lipinski definition) is 4. The molecule has 1 aliphatic heterocycles. The Hall–Kier alpha value is -2.38. The number of aromatic nitrogens is 2. The number of aryl methyl sites for hydroxylation is 2. The van der Waals surface area contributed by atoms with Gasteiger partial charge in [-0.1, -0.05) is 24.3 Å². The highest BCUT2D eigenvalue weighted by Crippen LogP contribution is 2.14. The van der Waals surface area contributed by atoms with Crippen molar-refractivity contribution in [1.82, 2.24) is 25.3 Å². The van der Waals surface area contributed by atoms with E-state index < -0.39 is 0 Å². The third kappa shape index (κ3) is 6.06. The number of morpholine rings is 1. The molecule has 2 heterocycles. The van der Waals surface area contributed by atoms with Crippen LogP contribution in [0.15, 0.2) is 29.3 Å². The molecule has 0 aliphatic carbocycles. The Morgan fingerprint density at radius 2 is 1.87 bits per heavy atom. The highest BCUT2D eigenvalue weighted by atomic mass is 16.5. The molecule has 0 saturated carbocycles. The SMILES string of the molecule is CCNC(=NCc1ccccc1CN1CCOCC1)NCCc1c(C)nn(C)c1C. The van der Waals surface area contributed by atoms with Gasteiger partial charge in [-0.15, -0.1) is 0 Å². The Kier molecular flexibility index (Phi) is 8.28. The molecule has 2 aromatic rings. The number of ether oxygens (including phenoxy) is 1. The van der Waals surface area contributed by atoms with Crippen LogP contribution in [0.1, 0.15) is 35.0 Å². The van der Waals surface area contributed by atoms with E-state index in [0.29, 0.717) is 6.54 Å². The van der Waals surface area contributed by atoms with E-state index in [1.807, 2.05) is 11.7 Å². The van der Waals surface area contributed by atoms with Gasteiger partial charge in [0.05, 0.1) is 25.5 Å². The summed E-state index contributed by atoms with van der Waals surface area (Å²) in [6.07, 6.45) is 0.934. The maximum atomic E-state index is 5.47. The first-order valence-electron chi connectivity index (χ1n) is 11.0. The lowest BCUT2D eigenvalue weighted by molar-refractivity contribution is 0.0341. The van der Waals surface area contributed by atoms with E-state index >= 15 is 0 Å². The number of nitrogens with one attached hydrogen (secondary N) is 2. The second-order valence-electron chi connectivity index (χ2n) is 7.80. The number of hydrogen-bond donors (Lipinski definition) is 2. The molecular weight excluding hydrogens is 376 g/mol. The molecule has 1 aromatic carbocycles. The monoisotopic (exact) mass is 412 g/mol. The van der Waals surface area contributed by atoms with Gasteiger partial charge < -0.3 is 15.4 Å². The molecule has 1 aromatic heterocycles. The predicted octanol–water partition coefficient (Wildman–Crippen LogP) is 2.17. The molecule has 1 saturated heterocycles. The van der Waals surface area contributed by atoms with Crippen molar-refractivity contribution in [3.05, 3.63) is 52.3 Å². The summed E-state index contributed by atoms with van der Waals surface area (Å²) >= 11 is 0. The first-order valence-corrected chi connectivity index (χ1v) is 11.0. The first kappa shape index (κ1) is 22.3. The summed E-state index contributed by atoms with van der Waals surface area (Å²) in [6, 6.07) is 8.62. The smallest absolute Gasteiger partial charge is 0.191 e. The van der Waals surface area contributed by atoms with Gasteiger partial charge in [0.15, 0.2) is 5.96 Å². The van der Waals surface area contributed by atoms with E-state index in [9.17, 15) is 0 Å². The minimum absolute atomic E-state index is 0.667. The minimum Gasteiger partial charge on any atom is -0.379 e. The predicted molar refractivity (Wildman–Crippen MR) is 122 cm³/mol. The van der Waals surface area contributed by atoms with Gasteiger partial charge in [0.2, 0.25) is 0 Å². The van der Waals surface area contributed by atoms with Crippen LogP contribution in [0.25, 0.3) is 0 Å². The van der Waals surface area contributed by atoms with E-state index in [0.717, 1.165) is 64.0 Å². The van der Waals surface area contributed by atoms with Gasteiger partial charge in [-0.05, 0) is 43.9 Å². The summed E-state index contributed by atoms with van der Waals surface area (Å²) in [6.45, 7) is 13.2. The number of guanidine groups is 1. The van der Waals surface area contributed by atoms with E-state index in [4.69, 9.17) is 9.73 Å². The molecule has 2 N–H and O–H groups in total. The van der Waals surface area contributed by atoms with Crippen LogP contribution in [-0.4, -0.2) is 60.0 Å². The maximum absolute atomic E-state index is 5.47. The molecule has 1 fully saturated rings. The van der Waals surface area contributed by atoms with Crippen LogP contribution in [0.5, 0.6) is 0 Å². The minimum atomic E-state index is 0.667. The van der Waals surface area contributed by atoms with Gasteiger partial charge in [-0.3, -0.25) is 9.58 Å². The molecule has 0 radical (unpaired) electrons. The Bertz CT molecular complexity index is 838. The van der Waals surface area contributed by atoms with Gasteiger partial charge >= 0.3 is 0 Å². The summed E-state index contributed by atoms with van der Waals surface area (Å²) in [7, 11) is 2.00. The second kappa shape index (κ2) is 11.1. The Morgan fingerprint density at radius 1 is 1.13 bits per heavy atom. The molecule has 30 heavy (non-hydrogen) atoms. The lowest BCUT2D eigenvalue weighted by atomic mass is 10.1. The zero-order valence-electron chi connectivity index (χ0n) is 18.9. The number of aliphatic imine (C=N–C) groups is 1. The largest absolute Gasteiger partial charge is 0.379 e. The van der Waals surface area contributed by atoms with Crippen molar-refractivity contribution in [3.8, 4) is 0 Å². The van der Waals surface area contributed by atoms with Crippen molar-refractivity contribution >= 4 is 5.96 Å². The van der Waals surface area contributed by atoms with Crippen molar-refractivity contribution in [2.24, 2.45) is 12.0 Å². The zero-order chi connectivity index (χ0) is 21.3. The highest BCUT2D eigenvalue weighted by Gasteiger charge is 2.13. The van der Waals surface area contributed by atoms with E-state index in [1.165, 1.54) is 22.4 Å². The lowest BCUT2D eigenvalue weighted by Crippen LogP contribution is -2.38.